The van der Waals surface area contributed by atoms with Crippen molar-refractivity contribution in [3.63, 3.8) is 0 Å². The van der Waals surface area contributed by atoms with Gasteiger partial charge in [-0.15, -0.1) is 0 Å². The van der Waals surface area contributed by atoms with Crippen LogP contribution in [0, 0.1) is 6.92 Å². The number of nitrogens with zero attached hydrogens (tertiary/aromatic N) is 2. The molecule has 0 bridgehead atoms. The molecule has 1 aromatic heterocycles. The third kappa shape index (κ3) is 2.60. The smallest absolute Gasteiger partial charge is 0.260 e. The summed E-state index contributed by atoms with van der Waals surface area (Å²) in [6.07, 6.45) is 0. The van der Waals surface area contributed by atoms with Crippen LogP contribution in [0.5, 0.6) is 0 Å². The van der Waals surface area contributed by atoms with Gasteiger partial charge in [-0.3, -0.25) is 0 Å². The predicted molar refractivity (Wildman–Crippen MR) is 84.3 cm³/mol. The number of aromatic nitrogens is 2. The van der Waals surface area contributed by atoms with E-state index in [1.54, 1.807) is 18.2 Å². The summed E-state index contributed by atoms with van der Waals surface area (Å²) in [5.41, 5.74) is 9.07. The van der Waals surface area contributed by atoms with E-state index in [9.17, 15) is 0 Å². The van der Waals surface area contributed by atoms with Crippen molar-refractivity contribution in [3.8, 4) is 22.8 Å². The van der Waals surface area contributed by atoms with Gasteiger partial charge in [0, 0.05) is 11.3 Å². The molecule has 0 saturated carbocycles. The molecule has 0 spiro atoms. The van der Waals surface area contributed by atoms with Gasteiger partial charge in [0.05, 0.1) is 15.6 Å². The van der Waals surface area contributed by atoms with Gasteiger partial charge in [0.25, 0.3) is 5.89 Å². The average molecular weight is 320 g/mol. The van der Waals surface area contributed by atoms with Gasteiger partial charge in [0.15, 0.2) is 0 Å². The fraction of sp³-hybridized carbons (Fsp3) is 0.0667. The van der Waals surface area contributed by atoms with Crippen LogP contribution in [0.2, 0.25) is 10.0 Å². The fourth-order valence-electron chi connectivity index (χ4n) is 1.95. The van der Waals surface area contributed by atoms with Crippen LogP contribution < -0.4 is 5.73 Å². The molecule has 1 heterocycles. The lowest BCUT2D eigenvalue weighted by Crippen LogP contribution is -1.93. The lowest BCUT2D eigenvalue weighted by molar-refractivity contribution is 0.432. The normalized spacial score (nSPS) is 10.8. The van der Waals surface area contributed by atoms with Gasteiger partial charge >= 0.3 is 0 Å². The van der Waals surface area contributed by atoms with Gasteiger partial charge < -0.3 is 10.3 Å². The Kier molecular flexibility index (Phi) is 3.57. The van der Waals surface area contributed by atoms with E-state index in [0.717, 1.165) is 11.1 Å². The monoisotopic (exact) mass is 319 g/mol. The molecular formula is C15H11Cl2N3O. The highest BCUT2D eigenvalue weighted by Gasteiger charge is 2.14. The van der Waals surface area contributed by atoms with Crippen molar-refractivity contribution in [3.05, 3.63) is 52.0 Å². The molecule has 3 aromatic rings. The summed E-state index contributed by atoms with van der Waals surface area (Å²) in [6, 6.07) is 10.8. The zero-order valence-electron chi connectivity index (χ0n) is 11.1. The third-order valence-corrected chi connectivity index (χ3v) is 3.90. The van der Waals surface area contributed by atoms with Gasteiger partial charge in [-0.25, -0.2) is 0 Å². The van der Waals surface area contributed by atoms with Gasteiger partial charge in [-0.2, -0.15) is 4.98 Å². The maximum absolute atomic E-state index is 6.04. The van der Waals surface area contributed by atoms with Gasteiger partial charge in [0.2, 0.25) is 5.82 Å². The van der Waals surface area contributed by atoms with Crippen molar-refractivity contribution in [1.29, 1.82) is 0 Å². The Hall–Kier alpha value is -2.04. The van der Waals surface area contributed by atoms with E-state index in [1.807, 2.05) is 25.1 Å². The molecule has 3 rings (SSSR count). The Morgan fingerprint density at radius 3 is 2.67 bits per heavy atom. The molecule has 21 heavy (non-hydrogen) atoms. The van der Waals surface area contributed by atoms with Crippen LogP contribution >= 0.6 is 23.2 Å². The van der Waals surface area contributed by atoms with Gasteiger partial charge in [0.1, 0.15) is 0 Å². The molecule has 2 aromatic carbocycles. The molecule has 4 nitrogen and oxygen atoms in total. The zero-order valence-corrected chi connectivity index (χ0v) is 12.6. The molecule has 0 saturated heterocycles. The Bertz CT molecular complexity index is 814. The van der Waals surface area contributed by atoms with E-state index in [-0.39, 0.29) is 0 Å². The maximum Gasteiger partial charge on any atom is 0.260 e. The molecular weight excluding hydrogens is 309 g/mol. The molecule has 0 aliphatic rings. The van der Waals surface area contributed by atoms with Crippen LogP contribution in [0.1, 0.15) is 5.56 Å². The standard InChI is InChI=1S/C15H11Cl2N3O/c1-8-3-2-4-10(13(8)18)15-19-14(20-21-15)9-5-6-11(16)12(17)7-9/h2-7H,18H2,1H3. The van der Waals surface area contributed by atoms with E-state index in [0.29, 0.717) is 33.0 Å². The number of benzene rings is 2. The summed E-state index contributed by atoms with van der Waals surface area (Å²) in [4.78, 5) is 4.36. The number of hydrogen-bond donors (Lipinski definition) is 1. The Morgan fingerprint density at radius 1 is 1.10 bits per heavy atom. The minimum Gasteiger partial charge on any atom is -0.398 e. The Labute approximate surface area is 131 Å². The topological polar surface area (TPSA) is 64.9 Å². The highest BCUT2D eigenvalue weighted by molar-refractivity contribution is 6.42. The quantitative estimate of drug-likeness (QED) is 0.701. The van der Waals surface area contributed by atoms with E-state index < -0.39 is 0 Å². The minimum atomic E-state index is 0.372. The lowest BCUT2D eigenvalue weighted by Gasteiger charge is -2.03. The minimum absolute atomic E-state index is 0.372. The number of anilines is 1. The first kappa shape index (κ1) is 13.9. The van der Waals surface area contributed by atoms with Crippen molar-refractivity contribution >= 4 is 28.9 Å². The summed E-state index contributed by atoms with van der Waals surface area (Å²) < 4.78 is 5.29. The largest absolute Gasteiger partial charge is 0.398 e. The molecule has 0 unspecified atom stereocenters. The van der Waals surface area contributed by atoms with Gasteiger partial charge in [-0.1, -0.05) is 40.5 Å². The molecule has 2 N–H and O–H groups in total. The molecule has 0 fully saturated rings. The van der Waals surface area contributed by atoms with Crippen molar-refractivity contribution < 1.29 is 4.52 Å². The Morgan fingerprint density at radius 2 is 1.90 bits per heavy atom. The molecule has 0 aliphatic carbocycles. The predicted octanol–water partition coefficient (Wildman–Crippen LogP) is 4.60. The summed E-state index contributed by atoms with van der Waals surface area (Å²) in [5, 5.41) is 4.88. The maximum atomic E-state index is 6.04. The number of para-hydroxylation sites is 1. The van der Waals surface area contributed by atoms with Crippen LogP contribution in [-0.4, -0.2) is 10.1 Å². The highest BCUT2D eigenvalue weighted by atomic mass is 35.5. The Balaban J connectivity index is 2.03. The van der Waals surface area contributed by atoms with Crippen molar-refractivity contribution in [1.82, 2.24) is 10.1 Å². The number of rotatable bonds is 2. The average Bonchev–Trinajstić information content (AvgIpc) is 2.94. The van der Waals surface area contributed by atoms with Crippen molar-refractivity contribution in [2.24, 2.45) is 0 Å². The molecule has 0 atom stereocenters. The van der Waals surface area contributed by atoms with E-state index >= 15 is 0 Å². The van der Waals surface area contributed by atoms with Crippen molar-refractivity contribution in [2.45, 2.75) is 6.92 Å². The van der Waals surface area contributed by atoms with Crippen LogP contribution in [0.3, 0.4) is 0 Å². The second-order valence-corrected chi connectivity index (χ2v) is 5.40. The first-order valence-electron chi connectivity index (χ1n) is 6.21. The molecule has 0 aliphatic heterocycles. The summed E-state index contributed by atoms with van der Waals surface area (Å²) in [5.74, 6) is 0.807. The van der Waals surface area contributed by atoms with E-state index in [2.05, 4.69) is 10.1 Å². The number of aryl methyl sites for hydroxylation is 1. The first-order chi connectivity index (χ1) is 10.1. The molecule has 0 amide bonds. The van der Waals surface area contributed by atoms with Crippen LogP contribution in [0.25, 0.3) is 22.8 Å². The molecule has 0 radical (unpaired) electrons. The third-order valence-electron chi connectivity index (χ3n) is 3.16. The second-order valence-electron chi connectivity index (χ2n) is 4.59. The van der Waals surface area contributed by atoms with Crippen molar-refractivity contribution in [2.75, 3.05) is 5.73 Å². The number of nitrogens with two attached hydrogens (primary N) is 1. The fourth-order valence-corrected chi connectivity index (χ4v) is 2.25. The number of halogens is 2. The van der Waals surface area contributed by atoms with Crippen LogP contribution in [-0.2, 0) is 0 Å². The van der Waals surface area contributed by atoms with E-state index in [4.69, 9.17) is 33.5 Å². The zero-order chi connectivity index (χ0) is 15.0. The van der Waals surface area contributed by atoms with Crippen LogP contribution in [0.15, 0.2) is 40.9 Å². The summed E-state index contributed by atoms with van der Waals surface area (Å²) >= 11 is 11.9. The summed E-state index contributed by atoms with van der Waals surface area (Å²) in [6.45, 7) is 1.93. The lowest BCUT2D eigenvalue weighted by atomic mass is 10.1. The molecule has 6 heteroatoms. The molecule has 106 valence electrons. The first-order valence-corrected chi connectivity index (χ1v) is 6.96. The van der Waals surface area contributed by atoms with Crippen LogP contribution in [0.4, 0.5) is 5.69 Å². The van der Waals surface area contributed by atoms with E-state index in [1.165, 1.54) is 0 Å². The number of nitrogen functional groups attached to an aromatic ring is 1. The second kappa shape index (κ2) is 5.39. The summed E-state index contributed by atoms with van der Waals surface area (Å²) in [7, 11) is 0. The number of hydrogen-bond acceptors (Lipinski definition) is 4. The van der Waals surface area contributed by atoms with Gasteiger partial charge in [-0.05, 0) is 36.8 Å². The highest BCUT2D eigenvalue weighted by Crippen LogP contribution is 2.30. The SMILES string of the molecule is Cc1cccc(-c2nc(-c3ccc(Cl)c(Cl)c3)no2)c1N.